The van der Waals surface area contributed by atoms with Gasteiger partial charge in [-0.15, -0.1) is 0 Å². The Labute approximate surface area is 180 Å². The number of ether oxygens (including phenoxy) is 1. The van der Waals surface area contributed by atoms with Crippen LogP contribution in [0.2, 0.25) is 0 Å². The van der Waals surface area contributed by atoms with Crippen LogP contribution in [0, 0.1) is 6.92 Å². The first-order valence-electron chi connectivity index (χ1n) is 10.1. The molecule has 0 saturated heterocycles. The molecule has 6 heteroatoms. The first-order valence-corrected chi connectivity index (χ1v) is 10.1. The molecule has 0 aliphatic rings. The van der Waals surface area contributed by atoms with Crippen molar-refractivity contribution in [3.8, 4) is 28.0 Å². The molecule has 0 bridgehead atoms. The lowest BCUT2D eigenvalue weighted by atomic mass is 9.97. The maximum atomic E-state index is 6.05. The van der Waals surface area contributed by atoms with E-state index in [0.29, 0.717) is 6.61 Å². The zero-order valence-electron chi connectivity index (χ0n) is 17.4. The van der Waals surface area contributed by atoms with Crippen LogP contribution in [-0.4, -0.2) is 25.0 Å². The van der Waals surface area contributed by atoms with Gasteiger partial charge in [-0.25, -0.2) is 0 Å². The van der Waals surface area contributed by atoms with Crippen LogP contribution in [0.4, 0.5) is 0 Å². The van der Waals surface area contributed by atoms with Crippen molar-refractivity contribution in [2.24, 2.45) is 7.05 Å². The minimum atomic E-state index is 0.368. The molecule has 0 aliphatic heterocycles. The van der Waals surface area contributed by atoms with Crippen molar-refractivity contribution in [1.82, 2.24) is 25.0 Å². The van der Waals surface area contributed by atoms with Crippen molar-refractivity contribution >= 4 is 10.9 Å². The molecule has 0 spiro atoms. The highest BCUT2D eigenvalue weighted by atomic mass is 16.5. The summed E-state index contributed by atoms with van der Waals surface area (Å²) >= 11 is 0. The molecule has 0 amide bonds. The number of hydrogen-bond donors (Lipinski definition) is 0. The summed E-state index contributed by atoms with van der Waals surface area (Å²) in [6, 6.07) is 18.4. The Morgan fingerprint density at radius 1 is 0.903 bits per heavy atom. The lowest BCUT2D eigenvalue weighted by molar-refractivity contribution is 0.300. The Morgan fingerprint density at radius 2 is 1.77 bits per heavy atom. The number of rotatable bonds is 5. The van der Waals surface area contributed by atoms with E-state index in [4.69, 9.17) is 4.74 Å². The van der Waals surface area contributed by atoms with Gasteiger partial charge in [0.05, 0.1) is 17.9 Å². The normalized spacial score (nSPS) is 11.0. The molecule has 152 valence electrons. The summed E-state index contributed by atoms with van der Waals surface area (Å²) in [6.07, 6.45) is 7.21. The Hall–Kier alpha value is -4.06. The summed E-state index contributed by atoms with van der Waals surface area (Å²) in [6.45, 7) is 2.48. The molecule has 0 fully saturated rings. The first kappa shape index (κ1) is 18.9. The van der Waals surface area contributed by atoms with Gasteiger partial charge in [0.15, 0.2) is 0 Å². The molecule has 5 aromatic rings. The standard InChI is InChI=1S/C25H21N5O/c1-17-5-6-19-4-3-12-26-25(19)24(17)18-7-9-21(10-8-18)31-16-23-22(15-30(2)29-23)20-11-13-27-28-14-20/h3-15H,16H2,1-2H3. The van der Waals surface area contributed by atoms with Gasteiger partial charge in [-0.05, 0) is 42.3 Å². The largest absolute Gasteiger partial charge is 0.487 e. The highest BCUT2D eigenvalue weighted by Crippen LogP contribution is 2.32. The van der Waals surface area contributed by atoms with Gasteiger partial charge in [0.1, 0.15) is 18.1 Å². The number of pyridine rings is 1. The van der Waals surface area contributed by atoms with Crippen LogP contribution < -0.4 is 4.74 Å². The number of aryl methyl sites for hydroxylation is 2. The predicted octanol–water partition coefficient (Wildman–Crippen LogP) is 4.98. The highest BCUT2D eigenvalue weighted by molar-refractivity contribution is 5.95. The molecule has 31 heavy (non-hydrogen) atoms. The van der Waals surface area contributed by atoms with Crippen LogP contribution in [0.1, 0.15) is 11.3 Å². The van der Waals surface area contributed by atoms with Gasteiger partial charge in [0.2, 0.25) is 0 Å². The van der Waals surface area contributed by atoms with Gasteiger partial charge in [-0.1, -0.05) is 30.3 Å². The molecule has 5 rings (SSSR count). The van der Waals surface area contributed by atoms with E-state index in [1.165, 1.54) is 5.56 Å². The average Bonchev–Trinajstić information content (AvgIpc) is 3.19. The summed E-state index contributed by atoms with van der Waals surface area (Å²) in [5, 5.41) is 13.5. The van der Waals surface area contributed by atoms with E-state index in [2.05, 4.69) is 57.5 Å². The Bertz CT molecular complexity index is 1340. The van der Waals surface area contributed by atoms with Crippen molar-refractivity contribution < 1.29 is 4.74 Å². The minimum Gasteiger partial charge on any atom is -0.487 e. The topological polar surface area (TPSA) is 65.7 Å². The molecular formula is C25H21N5O. The van der Waals surface area contributed by atoms with Crippen molar-refractivity contribution in [3.63, 3.8) is 0 Å². The first-order chi connectivity index (χ1) is 15.2. The average molecular weight is 407 g/mol. The van der Waals surface area contributed by atoms with Gasteiger partial charge in [-0.2, -0.15) is 15.3 Å². The van der Waals surface area contributed by atoms with Gasteiger partial charge >= 0.3 is 0 Å². The number of fused-ring (bicyclic) bond motifs is 1. The van der Waals surface area contributed by atoms with E-state index < -0.39 is 0 Å². The third-order valence-corrected chi connectivity index (χ3v) is 5.30. The van der Waals surface area contributed by atoms with Crippen molar-refractivity contribution in [2.45, 2.75) is 13.5 Å². The van der Waals surface area contributed by atoms with E-state index >= 15 is 0 Å². The molecule has 0 aliphatic carbocycles. The van der Waals surface area contributed by atoms with E-state index in [0.717, 1.165) is 44.6 Å². The fourth-order valence-corrected chi connectivity index (χ4v) is 3.81. The second-order valence-corrected chi connectivity index (χ2v) is 7.44. The summed E-state index contributed by atoms with van der Waals surface area (Å²) in [5.74, 6) is 0.791. The van der Waals surface area contributed by atoms with Crippen molar-refractivity contribution in [1.29, 1.82) is 0 Å². The lowest BCUT2D eigenvalue weighted by Crippen LogP contribution is -1.99. The molecule has 0 unspecified atom stereocenters. The van der Waals surface area contributed by atoms with E-state index in [1.54, 1.807) is 17.1 Å². The molecule has 3 aromatic heterocycles. The van der Waals surface area contributed by atoms with E-state index in [-0.39, 0.29) is 0 Å². The van der Waals surface area contributed by atoms with E-state index in [9.17, 15) is 0 Å². The highest BCUT2D eigenvalue weighted by Gasteiger charge is 2.12. The fourth-order valence-electron chi connectivity index (χ4n) is 3.81. The van der Waals surface area contributed by atoms with Gasteiger partial charge in [0.25, 0.3) is 0 Å². The quantitative estimate of drug-likeness (QED) is 0.411. The van der Waals surface area contributed by atoms with Crippen LogP contribution in [0.15, 0.2) is 79.4 Å². The summed E-state index contributed by atoms with van der Waals surface area (Å²) in [7, 11) is 1.90. The second-order valence-electron chi connectivity index (χ2n) is 7.44. The fraction of sp³-hybridized carbons (Fsp3) is 0.120. The van der Waals surface area contributed by atoms with Crippen LogP contribution in [0.5, 0.6) is 5.75 Å². The molecule has 3 heterocycles. The number of nitrogens with zero attached hydrogens (tertiary/aromatic N) is 5. The third-order valence-electron chi connectivity index (χ3n) is 5.30. The number of hydrogen-bond acceptors (Lipinski definition) is 5. The van der Waals surface area contributed by atoms with Gasteiger partial charge in [0, 0.05) is 41.5 Å². The summed E-state index contributed by atoms with van der Waals surface area (Å²) in [4.78, 5) is 4.61. The SMILES string of the molecule is Cc1ccc2cccnc2c1-c1ccc(OCc2nn(C)cc2-c2ccnnc2)cc1. The maximum Gasteiger partial charge on any atom is 0.133 e. The van der Waals surface area contributed by atoms with Crippen LogP contribution in [0.3, 0.4) is 0 Å². The molecule has 0 radical (unpaired) electrons. The second kappa shape index (κ2) is 7.99. The number of aromatic nitrogens is 5. The van der Waals surface area contributed by atoms with Crippen LogP contribution in [-0.2, 0) is 13.7 Å². The summed E-state index contributed by atoms with van der Waals surface area (Å²) in [5.41, 5.74) is 7.30. The molecule has 2 aromatic carbocycles. The molecule has 6 nitrogen and oxygen atoms in total. The molecule has 0 N–H and O–H groups in total. The molecule has 0 atom stereocenters. The van der Waals surface area contributed by atoms with Crippen molar-refractivity contribution in [3.05, 3.63) is 90.6 Å². The minimum absolute atomic E-state index is 0.368. The number of benzene rings is 2. The monoisotopic (exact) mass is 407 g/mol. The maximum absolute atomic E-state index is 6.05. The predicted molar refractivity (Wildman–Crippen MR) is 120 cm³/mol. The zero-order chi connectivity index (χ0) is 21.2. The third kappa shape index (κ3) is 3.75. The Morgan fingerprint density at radius 3 is 2.58 bits per heavy atom. The summed E-state index contributed by atoms with van der Waals surface area (Å²) < 4.78 is 7.83. The van der Waals surface area contributed by atoms with E-state index in [1.807, 2.05) is 43.7 Å². The molecule has 0 saturated carbocycles. The van der Waals surface area contributed by atoms with Gasteiger partial charge in [-0.3, -0.25) is 9.67 Å². The Kier molecular flexibility index (Phi) is 4.88. The Balaban J connectivity index is 1.39. The zero-order valence-corrected chi connectivity index (χ0v) is 17.4. The van der Waals surface area contributed by atoms with Crippen LogP contribution >= 0.6 is 0 Å². The van der Waals surface area contributed by atoms with Gasteiger partial charge < -0.3 is 4.74 Å². The van der Waals surface area contributed by atoms with Crippen LogP contribution in [0.25, 0.3) is 33.2 Å². The van der Waals surface area contributed by atoms with Crippen molar-refractivity contribution in [2.75, 3.05) is 0 Å². The smallest absolute Gasteiger partial charge is 0.133 e. The molecular weight excluding hydrogens is 386 g/mol. The lowest BCUT2D eigenvalue weighted by Gasteiger charge is -2.11.